The van der Waals surface area contributed by atoms with Gasteiger partial charge in [-0.05, 0) is 29.7 Å². The summed E-state index contributed by atoms with van der Waals surface area (Å²) in [7, 11) is 0. The molecule has 2 aromatic carbocycles. The lowest BCUT2D eigenvalue weighted by Gasteiger charge is -2.21. The van der Waals surface area contributed by atoms with Gasteiger partial charge >= 0.3 is 5.97 Å². The van der Waals surface area contributed by atoms with E-state index >= 15 is 0 Å². The summed E-state index contributed by atoms with van der Waals surface area (Å²) in [6, 6.07) is 11.4. The Bertz CT molecular complexity index is 857. The number of phenolic OH excluding ortho intramolecular Hbond substituents is 1. The van der Waals surface area contributed by atoms with Crippen LogP contribution >= 0.6 is 0 Å². The zero-order chi connectivity index (χ0) is 22.1. The molecule has 0 saturated heterocycles. The van der Waals surface area contributed by atoms with Gasteiger partial charge in [-0.2, -0.15) is 0 Å². The van der Waals surface area contributed by atoms with Crippen LogP contribution in [0.4, 0.5) is 0 Å². The summed E-state index contributed by atoms with van der Waals surface area (Å²) >= 11 is 0. The Morgan fingerprint density at radius 1 is 0.833 bits per heavy atom. The highest BCUT2D eigenvalue weighted by Crippen LogP contribution is 2.11. The maximum absolute atomic E-state index is 12.4. The highest BCUT2D eigenvalue weighted by molar-refractivity contribution is 5.92. The first-order chi connectivity index (χ1) is 14.3. The quantitative estimate of drug-likeness (QED) is 0.306. The van der Waals surface area contributed by atoms with Crippen molar-refractivity contribution in [3.63, 3.8) is 0 Å². The zero-order valence-electron chi connectivity index (χ0n) is 16.2. The predicted octanol–water partition coefficient (Wildman–Crippen LogP) is -0.449. The van der Waals surface area contributed by atoms with Crippen LogP contribution in [0.15, 0.2) is 54.6 Å². The standard InChI is InChI=1S/C21H25N3O6/c22-16(10-13-4-2-1-3-5-13)19(27)24-18(12-25)20(28)23-17(21(29)30)11-14-6-8-15(26)9-7-14/h1-9,16-18,25-26H,10-12,22H2,(H,23,28)(H,24,27)(H,29,30)/t16-,17-,18-/m0/s1. The molecule has 0 bridgehead atoms. The van der Waals surface area contributed by atoms with Crippen LogP contribution < -0.4 is 16.4 Å². The Balaban J connectivity index is 1.96. The van der Waals surface area contributed by atoms with Gasteiger partial charge in [0.2, 0.25) is 11.8 Å². The minimum absolute atomic E-state index is 0.0320. The average molecular weight is 415 g/mol. The van der Waals surface area contributed by atoms with Crippen LogP contribution in [-0.2, 0) is 27.2 Å². The number of hydrogen-bond donors (Lipinski definition) is 6. The molecule has 0 spiro atoms. The van der Waals surface area contributed by atoms with Crippen molar-refractivity contribution in [3.8, 4) is 5.75 Å². The van der Waals surface area contributed by atoms with Crippen molar-refractivity contribution in [2.24, 2.45) is 5.73 Å². The van der Waals surface area contributed by atoms with E-state index in [1.54, 1.807) is 0 Å². The minimum atomic E-state index is -1.35. The number of phenols is 1. The molecule has 0 fully saturated rings. The fourth-order valence-corrected chi connectivity index (χ4v) is 2.77. The zero-order valence-corrected chi connectivity index (χ0v) is 16.2. The van der Waals surface area contributed by atoms with Crippen molar-refractivity contribution >= 4 is 17.8 Å². The lowest BCUT2D eigenvalue weighted by Crippen LogP contribution is -2.56. The summed E-state index contributed by atoms with van der Waals surface area (Å²) in [4.78, 5) is 36.2. The van der Waals surface area contributed by atoms with Crippen LogP contribution in [0.5, 0.6) is 5.75 Å². The number of aliphatic carboxylic acids is 1. The maximum atomic E-state index is 12.4. The molecule has 2 rings (SSSR count). The van der Waals surface area contributed by atoms with E-state index in [1.165, 1.54) is 24.3 Å². The Kier molecular flexibility index (Phi) is 8.33. The first-order valence-corrected chi connectivity index (χ1v) is 9.32. The third-order valence-corrected chi connectivity index (χ3v) is 4.44. The molecule has 160 valence electrons. The van der Waals surface area contributed by atoms with Crippen molar-refractivity contribution in [2.75, 3.05) is 6.61 Å². The summed E-state index contributed by atoms with van der Waals surface area (Å²) < 4.78 is 0. The van der Waals surface area contributed by atoms with Gasteiger partial charge < -0.3 is 31.7 Å². The number of benzene rings is 2. The Morgan fingerprint density at radius 3 is 1.97 bits per heavy atom. The average Bonchev–Trinajstić information content (AvgIpc) is 2.73. The van der Waals surface area contributed by atoms with Gasteiger partial charge in [0.1, 0.15) is 17.8 Å². The van der Waals surface area contributed by atoms with Gasteiger partial charge in [0.15, 0.2) is 0 Å². The second kappa shape index (κ2) is 10.9. The van der Waals surface area contributed by atoms with Crippen LogP contribution in [0, 0.1) is 0 Å². The van der Waals surface area contributed by atoms with Crippen LogP contribution in [0.3, 0.4) is 0 Å². The molecule has 0 radical (unpaired) electrons. The summed E-state index contributed by atoms with van der Waals surface area (Å²) in [5.74, 6) is -2.73. The number of carbonyl (C=O) groups excluding carboxylic acids is 2. The van der Waals surface area contributed by atoms with E-state index in [4.69, 9.17) is 5.73 Å². The molecular weight excluding hydrogens is 390 g/mol. The molecule has 2 aromatic rings. The fourth-order valence-electron chi connectivity index (χ4n) is 2.77. The molecule has 0 unspecified atom stereocenters. The molecule has 0 saturated carbocycles. The van der Waals surface area contributed by atoms with Crippen molar-refractivity contribution in [3.05, 3.63) is 65.7 Å². The lowest BCUT2D eigenvalue weighted by molar-refractivity contribution is -0.142. The van der Waals surface area contributed by atoms with Crippen molar-refractivity contribution in [1.82, 2.24) is 10.6 Å². The lowest BCUT2D eigenvalue weighted by atomic mass is 10.0. The third kappa shape index (κ3) is 6.87. The second-order valence-corrected chi connectivity index (χ2v) is 6.81. The SMILES string of the molecule is N[C@@H](Cc1ccccc1)C(=O)N[C@@H](CO)C(=O)N[C@@H](Cc1ccc(O)cc1)C(=O)O. The molecule has 2 amide bonds. The predicted molar refractivity (Wildman–Crippen MR) is 109 cm³/mol. The molecule has 30 heavy (non-hydrogen) atoms. The van der Waals surface area contributed by atoms with Gasteiger partial charge in [0.25, 0.3) is 0 Å². The van der Waals surface area contributed by atoms with E-state index in [-0.39, 0.29) is 18.6 Å². The molecule has 0 aliphatic heterocycles. The Hall–Kier alpha value is -3.43. The van der Waals surface area contributed by atoms with Crippen molar-refractivity contribution in [2.45, 2.75) is 31.0 Å². The molecule has 7 N–H and O–H groups in total. The number of carboxylic acids is 1. The van der Waals surface area contributed by atoms with Gasteiger partial charge in [-0.1, -0.05) is 42.5 Å². The summed E-state index contributed by atoms with van der Waals surface area (Å²) in [5.41, 5.74) is 7.29. The largest absolute Gasteiger partial charge is 0.508 e. The normalized spacial score (nSPS) is 13.7. The van der Waals surface area contributed by atoms with Crippen LogP contribution in [0.25, 0.3) is 0 Å². The number of nitrogens with two attached hydrogens (primary N) is 1. The topological polar surface area (TPSA) is 162 Å². The van der Waals surface area contributed by atoms with E-state index in [0.29, 0.717) is 5.56 Å². The number of aliphatic hydroxyl groups excluding tert-OH is 1. The maximum Gasteiger partial charge on any atom is 0.326 e. The molecule has 3 atom stereocenters. The second-order valence-electron chi connectivity index (χ2n) is 6.81. The summed E-state index contributed by atoms with van der Waals surface area (Å²) in [5, 5.41) is 32.9. The van der Waals surface area contributed by atoms with Gasteiger partial charge in [-0.25, -0.2) is 4.79 Å². The number of aromatic hydroxyl groups is 1. The number of nitrogens with one attached hydrogen (secondary N) is 2. The molecule has 0 aliphatic rings. The van der Waals surface area contributed by atoms with E-state index in [0.717, 1.165) is 5.56 Å². The fraction of sp³-hybridized carbons (Fsp3) is 0.286. The first-order valence-electron chi connectivity index (χ1n) is 9.32. The molecule has 0 aliphatic carbocycles. The minimum Gasteiger partial charge on any atom is -0.508 e. The van der Waals surface area contributed by atoms with E-state index in [9.17, 15) is 29.7 Å². The molecule has 0 heterocycles. The van der Waals surface area contributed by atoms with Gasteiger partial charge in [0.05, 0.1) is 12.6 Å². The molecule has 9 heteroatoms. The van der Waals surface area contributed by atoms with Crippen LogP contribution in [0.1, 0.15) is 11.1 Å². The highest BCUT2D eigenvalue weighted by atomic mass is 16.4. The number of carbonyl (C=O) groups is 3. The van der Waals surface area contributed by atoms with Crippen LogP contribution in [0.2, 0.25) is 0 Å². The Morgan fingerprint density at radius 2 is 1.40 bits per heavy atom. The monoisotopic (exact) mass is 415 g/mol. The smallest absolute Gasteiger partial charge is 0.326 e. The Labute approximate surface area is 173 Å². The number of rotatable bonds is 10. The third-order valence-electron chi connectivity index (χ3n) is 4.44. The van der Waals surface area contributed by atoms with Gasteiger partial charge in [-0.3, -0.25) is 9.59 Å². The molecule has 0 aromatic heterocycles. The number of carboxylic acid groups (broad SMARTS) is 1. The van der Waals surface area contributed by atoms with Crippen molar-refractivity contribution < 1.29 is 29.7 Å². The van der Waals surface area contributed by atoms with Crippen LogP contribution in [-0.4, -0.2) is 57.8 Å². The number of amides is 2. The summed E-state index contributed by atoms with van der Waals surface area (Å²) in [6.45, 7) is -0.721. The van der Waals surface area contributed by atoms with E-state index < -0.39 is 42.5 Å². The highest BCUT2D eigenvalue weighted by Gasteiger charge is 2.27. The first kappa shape index (κ1) is 22.9. The molecular formula is C21H25N3O6. The van der Waals surface area contributed by atoms with Crippen molar-refractivity contribution in [1.29, 1.82) is 0 Å². The van der Waals surface area contributed by atoms with E-state index in [1.807, 2.05) is 30.3 Å². The van der Waals surface area contributed by atoms with Gasteiger partial charge in [-0.15, -0.1) is 0 Å². The number of hydrogen-bond acceptors (Lipinski definition) is 6. The summed E-state index contributed by atoms with van der Waals surface area (Å²) in [6.07, 6.45) is 0.200. The number of aliphatic hydroxyl groups is 1. The van der Waals surface area contributed by atoms with Gasteiger partial charge in [0, 0.05) is 6.42 Å². The molecule has 9 nitrogen and oxygen atoms in total. The van der Waals surface area contributed by atoms with E-state index in [2.05, 4.69) is 10.6 Å².